The van der Waals surface area contributed by atoms with Gasteiger partial charge >= 0.3 is 0 Å². The van der Waals surface area contributed by atoms with Crippen molar-refractivity contribution in [3.05, 3.63) is 82.5 Å². The van der Waals surface area contributed by atoms with Gasteiger partial charge in [-0.1, -0.05) is 48.5 Å². The van der Waals surface area contributed by atoms with Crippen molar-refractivity contribution in [3.8, 4) is 0 Å². The van der Waals surface area contributed by atoms with Crippen molar-refractivity contribution in [2.24, 2.45) is 0 Å². The summed E-state index contributed by atoms with van der Waals surface area (Å²) in [7, 11) is 0. The lowest BCUT2D eigenvalue weighted by molar-refractivity contribution is 0.374. The second kappa shape index (κ2) is 6.13. The lowest BCUT2D eigenvalue weighted by atomic mass is 9.90. The zero-order valence-electron chi connectivity index (χ0n) is 12.0. The lowest BCUT2D eigenvalue weighted by Crippen LogP contribution is -2.27. The monoisotopic (exact) mass is 335 g/mol. The van der Waals surface area contributed by atoms with Gasteiger partial charge in [0.1, 0.15) is 17.8 Å². The lowest BCUT2D eigenvalue weighted by Gasteiger charge is -2.27. The van der Waals surface area contributed by atoms with Crippen molar-refractivity contribution in [2.75, 3.05) is 0 Å². The van der Waals surface area contributed by atoms with Gasteiger partial charge in [0.25, 0.3) is 0 Å². The standard InChI is InChI=1S/C18H13ClF3N/c1-10-14(20)9-13(11-5-3-2-4-6-11)18(23-10)17-15(21)7-12(19)8-16(17)22/h2-8,14,23H,1,9H2. The van der Waals surface area contributed by atoms with Gasteiger partial charge in [0.15, 0.2) is 0 Å². The zero-order valence-corrected chi connectivity index (χ0v) is 12.8. The summed E-state index contributed by atoms with van der Waals surface area (Å²) in [5.74, 6) is -1.62. The number of hydrogen-bond acceptors (Lipinski definition) is 1. The van der Waals surface area contributed by atoms with Crippen LogP contribution in [0.1, 0.15) is 17.5 Å². The van der Waals surface area contributed by atoms with E-state index in [2.05, 4.69) is 11.9 Å². The van der Waals surface area contributed by atoms with Crippen molar-refractivity contribution in [2.45, 2.75) is 12.6 Å². The Morgan fingerprint density at radius 2 is 1.70 bits per heavy atom. The predicted octanol–water partition coefficient (Wildman–Crippen LogP) is 5.33. The molecule has 1 aliphatic heterocycles. The number of nitrogens with one attached hydrogen (secondary N) is 1. The first-order valence-corrected chi connectivity index (χ1v) is 7.38. The molecule has 5 heteroatoms. The van der Waals surface area contributed by atoms with E-state index >= 15 is 0 Å². The Morgan fingerprint density at radius 1 is 1.09 bits per heavy atom. The second-order valence-electron chi connectivity index (χ2n) is 5.29. The summed E-state index contributed by atoms with van der Waals surface area (Å²) in [6.45, 7) is 3.58. The van der Waals surface area contributed by atoms with Crippen LogP contribution in [0.25, 0.3) is 11.3 Å². The van der Waals surface area contributed by atoms with Gasteiger partial charge in [-0.25, -0.2) is 13.2 Å². The van der Waals surface area contributed by atoms with Crippen LogP contribution in [-0.4, -0.2) is 6.17 Å². The van der Waals surface area contributed by atoms with E-state index < -0.39 is 17.8 Å². The average Bonchev–Trinajstić information content (AvgIpc) is 2.50. The minimum atomic E-state index is -1.33. The highest BCUT2D eigenvalue weighted by Crippen LogP contribution is 2.37. The first-order chi connectivity index (χ1) is 11.0. The summed E-state index contributed by atoms with van der Waals surface area (Å²) in [5, 5.41) is 2.68. The van der Waals surface area contributed by atoms with Crippen molar-refractivity contribution in [3.63, 3.8) is 0 Å². The average molecular weight is 336 g/mol. The Bertz CT molecular complexity index is 776. The highest BCUT2D eigenvalue weighted by atomic mass is 35.5. The summed E-state index contributed by atoms with van der Waals surface area (Å²) in [6.07, 6.45) is -1.33. The third-order valence-electron chi connectivity index (χ3n) is 3.73. The molecule has 1 heterocycles. The fraction of sp³-hybridized carbons (Fsp3) is 0.111. The number of halogens is 4. The van der Waals surface area contributed by atoms with Crippen molar-refractivity contribution < 1.29 is 13.2 Å². The van der Waals surface area contributed by atoms with Crippen LogP contribution in [0.4, 0.5) is 13.2 Å². The molecule has 0 aromatic heterocycles. The molecule has 118 valence electrons. The van der Waals surface area contributed by atoms with E-state index in [0.717, 1.165) is 12.1 Å². The maximum absolute atomic E-state index is 14.3. The Morgan fingerprint density at radius 3 is 2.30 bits per heavy atom. The Balaban J connectivity index is 2.25. The number of allylic oxidation sites excluding steroid dienone is 2. The molecule has 23 heavy (non-hydrogen) atoms. The number of rotatable bonds is 2. The van der Waals surface area contributed by atoms with Crippen LogP contribution in [0, 0.1) is 11.6 Å². The van der Waals surface area contributed by atoms with Crippen LogP contribution in [-0.2, 0) is 0 Å². The fourth-order valence-corrected chi connectivity index (χ4v) is 2.81. The largest absolute Gasteiger partial charge is 0.356 e. The van der Waals surface area contributed by atoms with Gasteiger partial charge in [0.2, 0.25) is 0 Å². The van der Waals surface area contributed by atoms with E-state index in [0.29, 0.717) is 11.1 Å². The second-order valence-corrected chi connectivity index (χ2v) is 5.72. The van der Waals surface area contributed by atoms with Gasteiger partial charge in [-0.3, -0.25) is 0 Å². The van der Waals surface area contributed by atoms with Crippen molar-refractivity contribution >= 4 is 22.9 Å². The van der Waals surface area contributed by atoms with Crippen LogP contribution in [0.5, 0.6) is 0 Å². The van der Waals surface area contributed by atoms with Gasteiger partial charge in [0.05, 0.1) is 11.3 Å². The van der Waals surface area contributed by atoms with E-state index in [1.165, 1.54) is 0 Å². The van der Waals surface area contributed by atoms with Gasteiger partial charge in [-0.15, -0.1) is 0 Å². The summed E-state index contributed by atoms with van der Waals surface area (Å²) >= 11 is 5.67. The van der Waals surface area contributed by atoms with Crippen LogP contribution in [0.2, 0.25) is 5.02 Å². The number of alkyl halides is 1. The molecular weight excluding hydrogens is 323 g/mol. The quantitative estimate of drug-likeness (QED) is 0.782. The molecule has 0 amide bonds. The molecule has 0 bridgehead atoms. The molecule has 0 aliphatic carbocycles. The van der Waals surface area contributed by atoms with Crippen molar-refractivity contribution in [1.29, 1.82) is 0 Å². The summed E-state index contributed by atoms with van der Waals surface area (Å²) < 4.78 is 42.6. The maximum Gasteiger partial charge on any atom is 0.143 e. The normalized spacial score (nSPS) is 18.1. The zero-order chi connectivity index (χ0) is 16.6. The molecule has 2 aromatic rings. The predicted molar refractivity (Wildman–Crippen MR) is 86.4 cm³/mol. The van der Waals surface area contributed by atoms with Crippen molar-refractivity contribution in [1.82, 2.24) is 5.32 Å². The van der Waals surface area contributed by atoms with E-state index in [1.54, 1.807) is 24.3 Å². The molecule has 1 nitrogen and oxygen atoms in total. The number of hydrogen-bond donors (Lipinski definition) is 1. The first-order valence-electron chi connectivity index (χ1n) is 7.00. The van der Waals surface area contributed by atoms with E-state index in [1.807, 2.05) is 6.07 Å². The molecule has 0 radical (unpaired) electrons. The summed E-state index contributed by atoms with van der Waals surface area (Å²) in [5.41, 5.74) is 1.18. The Labute approximate surface area is 137 Å². The fourth-order valence-electron chi connectivity index (χ4n) is 2.61. The molecule has 1 aliphatic rings. The topological polar surface area (TPSA) is 12.0 Å². The molecule has 2 aromatic carbocycles. The Kier molecular flexibility index (Phi) is 4.18. The molecule has 1 N–H and O–H groups in total. The molecule has 0 saturated carbocycles. The number of benzene rings is 2. The third kappa shape index (κ3) is 2.99. The van der Waals surface area contributed by atoms with E-state index in [-0.39, 0.29) is 28.4 Å². The third-order valence-corrected chi connectivity index (χ3v) is 3.95. The first kappa shape index (κ1) is 15.7. The maximum atomic E-state index is 14.3. The smallest absolute Gasteiger partial charge is 0.143 e. The SMILES string of the molecule is C=C1NC(c2c(F)cc(Cl)cc2F)=C(c2ccccc2)CC1F. The van der Waals surface area contributed by atoms with Gasteiger partial charge in [-0.05, 0) is 23.3 Å². The summed E-state index contributed by atoms with van der Waals surface area (Å²) in [4.78, 5) is 0. The van der Waals surface area contributed by atoms with E-state index in [4.69, 9.17) is 11.6 Å². The minimum absolute atomic E-state index is 0.00726. The van der Waals surface area contributed by atoms with Crippen LogP contribution >= 0.6 is 11.6 Å². The summed E-state index contributed by atoms with van der Waals surface area (Å²) in [6, 6.07) is 11.0. The van der Waals surface area contributed by atoms with Gasteiger partial charge < -0.3 is 5.32 Å². The van der Waals surface area contributed by atoms with Crippen LogP contribution in [0.15, 0.2) is 54.7 Å². The molecule has 0 fully saturated rings. The molecule has 1 unspecified atom stereocenters. The molecule has 1 atom stereocenters. The molecule has 3 rings (SSSR count). The van der Waals surface area contributed by atoms with Gasteiger partial charge in [0, 0.05) is 17.1 Å². The van der Waals surface area contributed by atoms with Crippen LogP contribution < -0.4 is 5.32 Å². The molecule has 0 spiro atoms. The van der Waals surface area contributed by atoms with E-state index in [9.17, 15) is 13.2 Å². The minimum Gasteiger partial charge on any atom is -0.356 e. The molecular formula is C18H13ClF3N. The molecule has 0 saturated heterocycles. The highest BCUT2D eigenvalue weighted by molar-refractivity contribution is 6.30. The highest BCUT2D eigenvalue weighted by Gasteiger charge is 2.28. The van der Waals surface area contributed by atoms with Gasteiger partial charge in [-0.2, -0.15) is 0 Å². The van der Waals surface area contributed by atoms with Crippen LogP contribution in [0.3, 0.4) is 0 Å². The Hall–Kier alpha value is -2.20.